The number of benzene rings is 1. The van der Waals surface area contributed by atoms with Gasteiger partial charge in [0.15, 0.2) is 0 Å². The number of rotatable bonds is 6. The summed E-state index contributed by atoms with van der Waals surface area (Å²) in [6.45, 7) is 0.415. The van der Waals surface area contributed by atoms with Crippen molar-refractivity contribution in [3.63, 3.8) is 0 Å². The van der Waals surface area contributed by atoms with Gasteiger partial charge in [0, 0.05) is 5.69 Å². The van der Waals surface area contributed by atoms with Gasteiger partial charge in [0.2, 0.25) is 5.91 Å². The van der Waals surface area contributed by atoms with E-state index in [0.717, 1.165) is 42.9 Å². The third-order valence-electron chi connectivity index (χ3n) is 4.62. The van der Waals surface area contributed by atoms with E-state index in [-0.39, 0.29) is 5.91 Å². The van der Waals surface area contributed by atoms with E-state index in [2.05, 4.69) is 10.6 Å². The number of amides is 1. The molecule has 1 heterocycles. The molecule has 5 heteroatoms. The SMILES string of the molecule is COc1ccc(NC2(C(=O)NCc3ccco3)CCCCC2)cc1. The van der Waals surface area contributed by atoms with Crippen molar-refractivity contribution in [2.45, 2.75) is 44.2 Å². The van der Waals surface area contributed by atoms with E-state index in [1.54, 1.807) is 13.4 Å². The second kappa shape index (κ2) is 7.43. The highest BCUT2D eigenvalue weighted by molar-refractivity contribution is 5.89. The highest BCUT2D eigenvalue weighted by atomic mass is 16.5. The topological polar surface area (TPSA) is 63.5 Å². The van der Waals surface area contributed by atoms with E-state index >= 15 is 0 Å². The summed E-state index contributed by atoms with van der Waals surface area (Å²) in [6, 6.07) is 11.4. The monoisotopic (exact) mass is 328 g/mol. The second-order valence-electron chi connectivity index (χ2n) is 6.26. The minimum absolute atomic E-state index is 0.0365. The Morgan fingerprint density at radius 2 is 1.92 bits per heavy atom. The van der Waals surface area contributed by atoms with E-state index in [4.69, 9.17) is 9.15 Å². The van der Waals surface area contributed by atoms with Gasteiger partial charge in [-0.3, -0.25) is 4.79 Å². The van der Waals surface area contributed by atoms with Crippen LogP contribution in [0.4, 0.5) is 5.69 Å². The van der Waals surface area contributed by atoms with Gasteiger partial charge in [-0.25, -0.2) is 0 Å². The number of anilines is 1. The van der Waals surface area contributed by atoms with Gasteiger partial charge in [0.25, 0.3) is 0 Å². The largest absolute Gasteiger partial charge is 0.497 e. The maximum Gasteiger partial charge on any atom is 0.246 e. The Bertz CT molecular complexity index is 644. The van der Waals surface area contributed by atoms with Crippen LogP contribution in [-0.2, 0) is 11.3 Å². The lowest BCUT2D eigenvalue weighted by molar-refractivity contribution is -0.126. The molecule has 5 nitrogen and oxygen atoms in total. The molecule has 2 N–H and O–H groups in total. The van der Waals surface area contributed by atoms with Crippen LogP contribution in [0.5, 0.6) is 5.75 Å². The van der Waals surface area contributed by atoms with Crippen LogP contribution < -0.4 is 15.4 Å². The molecule has 128 valence electrons. The number of carbonyl (C=O) groups is 1. The van der Waals surface area contributed by atoms with Crippen LogP contribution in [-0.4, -0.2) is 18.6 Å². The summed E-state index contributed by atoms with van der Waals surface area (Å²) in [4.78, 5) is 12.9. The summed E-state index contributed by atoms with van der Waals surface area (Å²) in [5, 5.41) is 6.50. The van der Waals surface area contributed by atoms with Crippen molar-refractivity contribution in [2.24, 2.45) is 0 Å². The fourth-order valence-electron chi connectivity index (χ4n) is 3.26. The Kier molecular flexibility index (Phi) is 5.08. The third kappa shape index (κ3) is 3.72. The number of hydrogen-bond donors (Lipinski definition) is 2. The van der Waals surface area contributed by atoms with Gasteiger partial charge in [0.05, 0.1) is 19.9 Å². The maximum absolute atomic E-state index is 12.9. The minimum atomic E-state index is -0.556. The van der Waals surface area contributed by atoms with Gasteiger partial charge in [0.1, 0.15) is 17.0 Å². The van der Waals surface area contributed by atoms with Crippen LogP contribution in [0, 0.1) is 0 Å². The zero-order valence-electron chi connectivity index (χ0n) is 14.0. The summed E-state index contributed by atoms with van der Waals surface area (Å²) in [5.41, 5.74) is 0.380. The van der Waals surface area contributed by atoms with Gasteiger partial charge < -0.3 is 19.8 Å². The summed E-state index contributed by atoms with van der Waals surface area (Å²) >= 11 is 0. The molecule has 24 heavy (non-hydrogen) atoms. The molecule has 0 saturated heterocycles. The lowest BCUT2D eigenvalue weighted by Crippen LogP contribution is -2.53. The fourth-order valence-corrected chi connectivity index (χ4v) is 3.26. The molecule has 0 radical (unpaired) electrons. The first-order valence-electron chi connectivity index (χ1n) is 8.45. The smallest absolute Gasteiger partial charge is 0.246 e. The highest BCUT2D eigenvalue weighted by Gasteiger charge is 2.39. The van der Waals surface area contributed by atoms with Crippen molar-refractivity contribution >= 4 is 11.6 Å². The van der Waals surface area contributed by atoms with Gasteiger partial charge in [-0.15, -0.1) is 0 Å². The van der Waals surface area contributed by atoms with E-state index in [1.165, 1.54) is 6.42 Å². The van der Waals surface area contributed by atoms with Crippen LogP contribution >= 0.6 is 0 Å². The van der Waals surface area contributed by atoms with Crippen molar-refractivity contribution < 1.29 is 13.9 Å². The average Bonchev–Trinajstić information content (AvgIpc) is 3.14. The Morgan fingerprint density at radius 3 is 2.54 bits per heavy atom. The molecule has 1 amide bonds. The van der Waals surface area contributed by atoms with Crippen LogP contribution in [0.2, 0.25) is 0 Å². The minimum Gasteiger partial charge on any atom is -0.497 e. The molecule has 0 unspecified atom stereocenters. The predicted molar refractivity (Wildman–Crippen MR) is 93.0 cm³/mol. The molecular formula is C19H24N2O3. The van der Waals surface area contributed by atoms with Crippen molar-refractivity contribution in [2.75, 3.05) is 12.4 Å². The molecule has 2 aromatic rings. The van der Waals surface area contributed by atoms with Crippen molar-refractivity contribution in [1.82, 2.24) is 5.32 Å². The second-order valence-corrected chi connectivity index (χ2v) is 6.26. The van der Waals surface area contributed by atoms with E-state index in [9.17, 15) is 4.79 Å². The molecule has 1 fully saturated rings. The molecule has 0 bridgehead atoms. The Balaban J connectivity index is 1.71. The quantitative estimate of drug-likeness (QED) is 0.848. The van der Waals surface area contributed by atoms with Crippen LogP contribution in [0.3, 0.4) is 0 Å². The molecule has 1 saturated carbocycles. The van der Waals surface area contributed by atoms with Gasteiger partial charge in [-0.2, -0.15) is 0 Å². The molecule has 1 aromatic heterocycles. The molecule has 0 atom stereocenters. The van der Waals surface area contributed by atoms with Crippen LogP contribution in [0.15, 0.2) is 47.1 Å². The fraction of sp³-hybridized carbons (Fsp3) is 0.421. The maximum atomic E-state index is 12.9. The normalized spacial score (nSPS) is 16.4. The Labute approximate surface area is 142 Å². The van der Waals surface area contributed by atoms with Crippen molar-refractivity contribution in [3.05, 3.63) is 48.4 Å². The summed E-state index contributed by atoms with van der Waals surface area (Å²) < 4.78 is 10.5. The number of ether oxygens (including phenoxy) is 1. The van der Waals surface area contributed by atoms with E-state index < -0.39 is 5.54 Å². The van der Waals surface area contributed by atoms with Gasteiger partial charge >= 0.3 is 0 Å². The number of nitrogens with one attached hydrogen (secondary N) is 2. The predicted octanol–water partition coefficient (Wildman–Crippen LogP) is 3.72. The van der Waals surface area contributed by atoms with E-state index in [0.29, 0.717) is 6.54 Å². The molecular weight excluding hydrogens is 304 g/mol. The van der Waals surface area contributed by atoms with Crippen molar-refractivity contribution in [1.29, 1.82) is 0 Å². The van der Waals surface area contributed by atoms with E-state index in [1.807, 2.05) is 36.4 Å². The molecule has 3 rings (SSSR count). The lowest BCUT2D eigenvalue weighted by atomic mass is 9.80. The number of hydrogen-bond acceptors (Lipinski definition) is 4. The van der Waals surface area contributed by atoms with Crippen LogP contribution in [0.1, 0.15) is 37.9 Å². The zero-order chi connectivity index (χ0) is 16.8. The summed E-state index contributed by atoms with van der Waals surface area (Å²) in [7, 11) is 1.65. The number of methoxy groups -OCH3 is 1. The molecule has 1 aliphatic rings. The lowest BCUT2D eigenvalue weighted by Gasteiger charge is -2.37. The van der Waals surface area contributed by atoms with Crippen molar-refractivity contribution in [3.8, 4) is 5.75 Å². The van der Waals surface area contributed by atoms with Gasteiger partial charge in [-0.05, 0) is 49.2 Å². The standard InChI is InChI=1S/C19H24N2O3/c1-23-16-9-7-15(8-10-16)21-19(11-3-2-4-12-19)18(22)20-14-17-6-5-13-24-17/h5-10,13,21H,2-4,11-12,14H2,1H3,(H,20,22). The zero-order valence-corrected chi connectivity index (χ0v) is 14.0. The Morgan fingerprint density at radius 1 is 1.17 bits per heavy atom. The van der Waals surface area contributed by atoms with Crippen LogP contribution in [0.25, 0.3) is 0 Å². The number of carbonyl (C=O) groups excluding carboxylic acids is 1. The molecule has 1 aromatic carbocycles. The molecule has 0 aliphatic heterocycles. The third-order valence-corrected chi connectivity index (χ3v) is 4.62. The van der Waals surface area contributed by atoms with Gasteiger partial charge in [-0.1, -0.05) is 19.3 Å². The Hall–Kier alpha value is -2.43. The first-order chi connectivity index (χ1) is 11.7. The summed E-state index contributed by atoms with van der Waals surface area (Å²) in [6.07, 6.45) is 6.58. The first-order valence-corrected chi connectivity index (χ1v) is 8.45. The number of furan rings is 1. The average molecular weight is 328 g/mol. The molecule has 0 spiro atoms. The summed E-state index contributed by atoms with van der Waals surface area (Å²) in [5.74, 6) is 1.61. The molecule has 1 aliphatic carbocycles. The first kappa shape index (κ1) is 16.4. The highest BCUT2D eigenvalue weighted by Crippen LogP contribution is 2.32.